The summed E-state index contributed by atoms with van der Waals surface area (Å²) in [6.45, 7) is 2.63. The van der Waals surface area contributed by atoms with Crippen LogP contribution in [0.2, 0.25) is 0 Å². The van der Waals surface area contributed by atoms with Crippen LogP contribution in [0, 0.1) is 0 Å². The highest BCUT2D eigenvalue weighted by molar-refractivity contribution is 7.09. The van der Waals surface area contributed by atoms with Gasteiger partial charge in [-0.3, -0.25) is 4.79 Å². The van der Waals surface area contributed by atoms with E-state index in [1.807, 2.05) is 0 Å². The summed E-state index contributed by atoms with van der Waals surface area (Å²) in [5.74, 6) is -0.0606. The highest BCUT2D eigenvalue weighted by Gasteiger charge is 2.39. The highest BCUT2D eigenvalue weighted by atomic mass is 32.1. The first-order valence-corrected chi connectivity index (χ1v) is 5.98. The number of carbonyl (C=O) groups is 1. The van der Waals surface area contributed by atoms with Gasteiger partial charge >= 0.3 is 0 Å². The second-order valence-corrected chi connectivity index (χ2v) is 5.12. The smallest absolute Gasteiger partial charge is 0.271 e. The molecule has 1 aliphatic carbocycles. The minimum atomic E-state index is -0.0606. The third-order valence-electron chi connectivity index (χ3n) is 2.56. The van der Waals surface area contributed by atoms with Gasteiger partial charge in [-0.05, 0) is 26.3 Å². The summed E-state index contributed by atoms with van der Waals surface area (Å²) >= 11 is 1.50. The Morgan fingerprint density at radius 1 is 1.73 bits per heavy atom. The van der Waals surface area contributed by atoms with Crippen LogP contribution in [-0.4, -0.2) is 23.0 Å². The van der Waals surface area contributed by atoms with Crippen molar-refractivity contribution in [1.29, 1.82) is 0 Å². The maximum absolute atomic E-state index is 11.7. The maximum atomic E-state index is 11.7. The molecule has 0 unspecified atom stereocenters. The van der Waals surface area contributed by atoms with E-state index in [0.29, 0.717) is 12.2 Å². The molecule has 1 amide bonds. The number of rotatable bonds is 4. The first-order chi connectivity index (χ1) is 7.13. The fraction of sp³-hybridized carbons (Fsp3) is 0.600. The molecule has 0 atom stereocenters. The van der Waals surface area contributed by atoms with Gasteiger partial charge in [0.25, 0.3) is 5.91 Å². The van der Waals surface area contributed by atoms with Crippen LogP contribution in [-0.2, 0) is 6.42 Å². The number of nitrogens with zero attached hydrogens (tertiary/aromatic N) is 1. The molecule has 1 aliphatic rings. The third-order valence-corrected chi connectivity index (χ3v) is 3.47. The molecule has 0 saturated heterocycles. The van der Waals surface area contributed by atoms with Crippen molar-refractivity contribution in [1.82, 2.24) is 10.3 Å². The maximum Gasteiger partial charge on any atom is 0.271 e. The molecule has 82 valence electrons. The Labute approximate surface area is 92.9 Å². The Bertz CT molecular complexity index is 370. The second-order valence-electron chi connectivity index (χ2n) is 4.18. The monoisotopic (exact) mass is 225 g/mol. The number of hydrogen-bond donors (Lipinski definition) is 2. The lowest BCUT2D eigenvalue weighted by atomic mass is 10.3. The summed E-state index contributed by atoms with van der Waals surface area (Å²) in [6, 6.07) is 0. The Hall–Kier alpha value is -0.940. The van der Waals surface area contributed by atoms with Crippen LogP contribution in [0.5, 0.6) is 0 Å². The largest absolute Gasteiger partial charge is 0.346 e. The Morgan fingerprint density at radius 2 is 2.47 bits per heavy atom. The van der Waals surface area contributed by atoms with Gasteiger partial charge in [-0.2, -0.15) is 0 Å². The van der Waals surface area contributed by atoms with Gasteiger partial charge in [-0.15, -0.1) is 11.3 Å². The molecule has 5 heteroatoms. The molecule has 0 spiro atoms. The lowest BCUT2D eigenvalue weighted by Crippen LogP contribution is -2.34. The first-order valence-electron chi connectivity index (χ1n) is 5.10. The van der Waals surface area contributed by atoms with Crippen LogP contribution in [0.1, 0.15) is 35.3 Å². The predicted molar refractivity (Wildman–Crippen MR) is 60.0 cm³/mol. The summed E-state index contributed by atoms with van der Waals surface area (Å²) < 4.78 is 0. The molecule has 1 aromatic heterocycles. The highest BCUT2D eigenvalue weighted by Crippen LogP contribution is 2.34. The van der Waals surface area contributed by atoms with E-state index in [-0.39, 0.29) is 11.4 Å². The molecule has 1 aromatic rings. The molecule has 0 bridgehead atoms. The fourth-order valence-corrected chi connectivity index (χ4v) is 2.10. The van der Waals surface area contributed by atoms with Gasteiger partial charge in [0, 0.05) is 17.3 Å². The molecule has 0 aromatic carbocycles. The van der Waals surface area contributed by atoms with Gasteiger partial charge in [-0.25, -0.2) is 4.98 Å². The van der Waals surface area contributed by atoms with Gasteiger partial charge in [0.15, 0.2) is 0 Å². The molecule has 1 fully saturated rings. The first kappa shape index (κ1) is 10.6. The Balaban J connectivity index is 1.98. The zero-order chi connectivity index (χ0) is 10.9. The minimum absolute atomic E-state index is 0.0226. The number of carbonyl (C=O) groups excluding carboxylic acids is 1. The van der Waals surface area contributed by atoms with E-state index in [9.17, 15) is 4.79 Å². The van der Waals surface area contributed by atoms with Crippen LogP contribution in [0.15, 0.2) is 5.38 Å². The molecule has 0 aliphatic heterocycles. The van der Waals surface area contributed by atoms with E-state index in [0.717, 1.165) is 24.3 Å². The SMILES string of the molecule is CC1(NC(=O)c2csc(CCN)n2)CC1. The van der Waals surface area contributed by atoms with Crippen molar-refractivity contribution in [2.75, 3.05) is 6.54 Å². The zero-order valence-corrected chi connectivity index (χ0v) is 9.56. The van der Waals surface area contributed by atoms with Crippen LogP contribution in [0.4, 0.5) is 0 Å². The van der Waals surface area contributed by atoms with E-state index in [1.54, 1.807) is 5.38 Å². The number of thiazole rings is 1. The van der Waals surface area contributed by atoms with Crippen molar-refractivity contribution in [2.24, 2.45) is 5.73 Å². The van der Waals surface area contributed by atoms with Crippen molar-refractivity contribution >= 4 is 17.2 Å². The zero-order valence-electron chi connectivity index (χ0n) is 8.75. The number of aromatic nitrogens is 1. The van der Waals surface area contributed by atoms with E-state index >= 15 is 0 Å². The van der Waals surface area contributed by atoms with Crippen LogP contribution in [0.3, 0.4) is 0 Å². The van der Waals surface area contributed by atoms with E-state index < -0.39 is 0 Å². The van der Waals surface area contributed by atoms with Gasteiger partial charge in [-0.1, -0.05) is 0 Å². The fourth-order valence-electron chi connectivity index (χ4n) is 1.30. The van der Waals surface area contributed by atoms with Crippen molar-refractivity contribution in [3.8, 4) is 0 Å². The average molecular weight is 225 g/mol. The molecule has 1 saturated carbocycles. The van der Waals surface area contributed by atoms with Gasteiger partial charge in [0.2, 0.25) is 0 Å². The lowest BCUT2D eigenvalue weighted by molar-refractivity contribution is 0.0931. The van der Waals surface area contributed by atoms with Crippen LogP contribution >= 0.6 is 11.3 Å². The van der Waals surface area contributed by atoms with Gasteiger partial charge in [0.1, 0.15) is 5.69 Å². The Morgan fingerprint density at radius 3 is 3.07 bits per heavy atom. The van der Waals surface area contributed by atoms with Crippen LogP contribution in [0.25, 0.3) is 0 Å². The second kappa shape index (κ2) is 3.90. The molecule has 0 radical (unpaired) electrons. The predicted octanol–water partition coefficient (Wildman–Crippen LogP) is 0.927. The number of nitrogens with two attached hydrogens (primary N) is 1. The third kappa shape index (κ3) is 2.54. The quantitative estimate of drug-likeness (QED) is 0.801. The molecule has 1 heterocycles. The molecule has 2 rings (SSSR count). The van der Waals surface area contributed by atoms with E-state index in [1.165, 1.54) is 11.3 Å². The number of hydrogen-bond acceptors (Lipinski definition) is 4. The van der Waals surface area contributed by atoms with Crippen molar-refractivity contribution < 1.29 is 4.79 Å². The molecule has 3 N–H and O–H groups in total. The summed E-state index contributed by atoms with van der Waals surface area (Å²) in [5, 5.41) is 5.71. The summed E-state index contributed by atoms with van der Waals surface area (Å²) in [7, 11) is 0. The summed E-state index contributed by atoms with van der Waals surface area (Å²) in [4.78, 5) is 16.0. The molecular formula is C10H15N3OS. The number of amides is 1. The topological polar surface area (TPSA) is 68.0 Å². The average Bonchev–Trinajstić information content (AvgIpc) is 2.74. The van der Waals surface area contributed by atoms with E-state index in [4.69, 9.17) is 5.73 Å². The van der Waals surface area contributed by atoms with E-state index in [2.05, 4.69) is 17.2 Å². The standard InChI is InChI=1S/C10H15N3OS/c1-10(3-4-10)13-9(14)7-6-15-8(12-7)2-5-11/h6H,2-5,11H2,1H3,(H,13,14). The number of nitrogens with one attached hydrogen (secondary N) is 1. The molecular weight excluding hydrogens is 210 g/mol. The Kier molecular flexibility index (Phi) is 2.75. The lowest BCUT2D eigenvalue weighted by Gasteiger charge is -2.09. The minimum Gasteiger partial charge on any atom is -0.346 e. The van der Waals surface area contributed by atoms with Crippen LogP contribution < -0.4 is 11.1 Å². The summed E-state index contributed by atoms with van der Waals surface area (Å²) in [5.41, 5.74) is 5.97. The normalized spacial score (nSPS) is 17.5. The van der Waals surface area contributed by atoms with Gasteiger partial charge < -0.3 is 11.1 Å². The summed E-state index contributed by atoms with van der Waals surface area (Å²) in [6.07, 6.45) is 2.88. The van der Waals surface area contributed by atoms with Crippen molar-refractivity contribution in [2.45, 2.75) is 31.7 Å². The van der Waals surface area contributed by atoms with Gasteiger partial charge in [0.05, 0.1) is 5.01 Å². The van der Waals surface area contributed by atoms with Crippen molar-refractivity contribution in [3.63, 3.8) is 0 Å². The van der Waals surface area contributed by atoms with Crippen molar-refractivity contribution in [3.05, 3.63) is 16.1 Å². The molecule has 4 nitrogen and oxygen atoms in total. The molecule has 15 heavy (non-hydrogen) atoms.